The highest BCUT2D eigenvalue weighted by atomic mass is 16.5. The van der Waals surface area contributed by atoms with Crippen molar-refractivity contribution in [3.8, 4) is 0 Å². The summed E-state index contributed by atoms with van der Waals surface area (Å²) in [5, 5.41) is 54.0. The number of benzene rings is 1. The Balaban J connectivity index is 2.38. The Labute approximate surface area is 321 Å². The predicted octanol–water partition coefficient (Wildman–Crippen LogP) is -7.50. The van der Waals surface area contributed by atoms with Gasteiger partial charge in [0, 0.05) is 13.5 Å². The van der Waals surface area contributed by atoms with Crippen molar-refractivity contribution in [1.82, 2.24) is 31.9 Å². The molecule has 2 rings (SSSR count). The first kappa shape index (κ1) is 46.7. The Morgan fingerprint density at radius 3 is 2.00 bits per heavy atom. The predicted molar refractivity (Wildman–Crippen MR) is 196 cm³/mol. The average Bonchev–Trinajstić information content (AvgIpc) is 3.14. The summed E-state index contributed by atoms with van der Waals surface area (Å²) in [6.45, 7) is 0.687. The number of ether oxygens (including phenoxy) is 1. The lowest BCUT2D eigenvalue weighted by molar-refractivity contribution is -0.203. The number of primary amides is 1. The van der Waals surface area contributed by atoms with Crippen LogP contribution in [0, 0.1) is 0 Å². The first-order chi connectivity index (χ1) is 26.4. The number of guanidine groups is 1. The van der Waals surface area contributed by atoms with Crippen molar-refractivity contribution in [3.63, 3.8) is 0 Å². The van der Waals surface area contributed by atoms with Crippen LogP contribution in [-0.4, -0.2) is 148 Å². The molecule has 1 heterocycles. The van der Waals surface area contributed by atoms with E-state index in [9.17, 15) is 54.0 Å². The number of rotatable bonds is 21. The van der Waals surface area contributed by atoms with Crippen LogP contribution in [0.1, 0.15) is 38.7 Å². The molecule has 7 amide bonds. The maximum Gasteiger partial charge on any atom is 0.243 e. The fourth-order valence-electron chi connectivity index (χ4n) is 5.41. The SMILES string of the molecule is CC(=O)N[C@@H]1[C@@H](O)[C@H](O)[C@@H](CO)O[C@H]1NC(=O)C[C@H](NC(=O)[C@H](CCCN=C(N)N)NC(=O)[C@@H](N)Cc1ccccc1)C(=O)N[C@@H](C)C(=O)N[C@@H](CO)C(N)=O. The third-order valence-corrected chi connectivity index (χ3v) is 8.43. The molecule has 1 aliphatic rings. The first-order valence-electron chi connectivity index (χ1n) is 17.5. The molecule has 56 heavy (non-hydrogen) atoms. The van der Waals surface area contributed by atoms with Crippen LogP contribution in [0.5, 0.6) is 0 Å². The average molecular weight is 796 g/mol. The lowest BCUT2D eigenvalue weighted by Gasteiger charge is -2.42. The number of nitrogens with two attached hydrogens (primary N) is 4. The van der Waals surface area contributed by atoms with Gasteiger partial charge in [-0.25, -0.2) is 0 Å². The summed E-state index contributed by atoms with van der Waals surface area (Å²) < 4.78 is 5.51. The number of nitrogens with zero attached hydrogens (tertiary/aromatic N) is 1. The van der Waals surface area contributed by atoms with Gasteiger partial charge in [-0.1, -0.05) is 30.3 Å². The van der Waals surface area contributed by atoms with Crippen molar-refractivity contribution >= 4 is 47.3 Å². The number of nitrogens with one attached hydrogen (secondary N) is 6. The normalized spacial score (nSPS) is 21.7. The number of hydrogen-bond acceptors (Lipinski definition) is 14. The van der Waals surface area contributed by atoms with E-state index >= 15 is 0 Å². The number of aliphatic imine (C=N–C) groups is 1. The third kappa shape index (κ3) is 15.0. The van der Waals surface area contributed by atoms with Crippen molar-refractivity contribution in [3.05, 3.63) is 35.9 Å². The van der Waals surface area contributed by atoms with Crippen LogP contribution in [0.4, 0.5) is 0 Å². The number of carbonyl (C=O) groups is 7. The molecule has 1 fully saturated rings. The van der Waals surface area contributed by atoms with Crippen molar-refractivity contribution in [2.75, 3.05) is 19.8 Å². The van der Waals surface area contributed by atoms with E-state index in [0.29, 0.717) is 0 Å². The zero-order valence-corrected chi connectivity index (χ0v) is 30.9. The highest BCUT2D eigenvalue weighted by Gasteiger charge is 2.45. The Morgan fingerprint density at radius 1 is 0.821 bits per heavy atom. The van der Waals surface area contributed by atoms with E-state index in [2.05, 4.69) is 36.9 Å². The van der Waals surface area contributed by atoms with E-state index in [4.69, 9.17) is 27.7 Å². The van der Waals surface area contributed by atoms with E-state index in [1.54, 1.807) is 30.3 Å². The molecular formula is C33H53N11O12. The van der Waals surface area contributed by atoms with Gasteiger partial charge >= 0.3 is 0 Å². The molecule has 10 atom stereocenters. The van der Waals surface area contributed by atoms with Crippen molar-refractivity contribution < 1.29 is 58.7 Å². The number of amides is 7. The van der Waals surface area contributed by atoms with Crippen LogP contribution in [-0.2, 0) is 44.7 Å². The Bertz CT molecular complexity index is 1550. The monoisotopic (exact) mass is 795 g/mol. The molecule has 0 saturated carbocycles. The van der Waals surface area contributed by atoms with Crippen LogP contribution in [0.3, 0.4) is 0 Å². The van der Waals surface area contributed by atoms with E-state index in [0.717, 1.165) is 12.5 Å². The fourth-order valence-corrected chi connectivity index (χ4v) is 5.41. The largest absolute Gasteiger partial charge is 0.394 e. The van der Waals surface area contributed by atoms with Crippen LogP contribution in [0.25, 0.3) is 0 Å². The van der Waals surface area contributed by atoms with Gasteiger partial charge in [0.2, 0.25) is 41.4 Å². The Morgan fingerprint density at radius 2 is 1.43 bits per heavy atom. The number of aliphatic hydroxyl groups excluding tert-OH is 4. The maximum atomic E-state index is 13.8. The summed E-state index contributed by atoms with van der Waals surface area (Å²) >= 11 is 0. The van der Waals surface area contributed by atoms with Gasteiger partial charge in [0.25, 0.3) is 0 Å². The van der Waals surface area contributed by atoms with E-state index in [1.807, 2.05) is 0 Å². The lowest BCUT2D eigenvalue weighted by Crippen LogP contribution is -2.68. The second-order valence-corrected chi connectivity index (χ2v) is 13.0. The summed E-state index contributed by atoms with van der Waals surface area (Å²) in [5.74, 6) is -6.80. The topological polar surface area (TPSA) is 398 Å². The maximum absolute atomic E-state index is 13.8. The van der Waals surface area contributed by atoms with Gasteiger partial charge in [-0.3, -0.25) is 38.6 Å². The van der Waals surface area contributed by atoms with Crippen molar-refractivity contribution in [2.45, 2.75) is 100 Å². The van der Waals surface area contributed by atoms with Crippen molar-refractivity contribution in [1.29, 1.82) is 0 Å². The summed E-state index contributed by atoms with van der Waals surface area (Å²) in [6, 6.07) is 0.151. The molecule has 0 unspecified atom stereocenters. The quantitative estimate of drug-likeness (QED) is 0.0312. The molecule has 18 N–H and O–H groups in total. The molecule has 1 saturated heterocycles. The zero-order valence-electron chi connectivity index (χ0n) is 30.9. The van der Waals surface area contributed by atoms with Crippen LogP contribution in [0.2, 0.25) is 0 Å². The van der Waals surface area contributed by atoms with Gasteiger partial charge in [-0.15, -0.1) is 0 Å². The van der Waals surface area contributed by atoms with Gasteiger partial charge in [0.1, 0.15) is 48.5 Å². The first-order valence-corrected chi connectivity index (χ1v) is 17.5. The summed E-state index contributed by atoms with van der Waals surface area (Å²) in [4.78, 5) is 94.1. The number of aliphatic hydroxyl groups is 4. The van der Waals surface area contributed by atoms with E-state index in [-0.39, 0.29) is 31.8 Å². The highest BCUT2D eigenvalue weighted by molar-refractivity contribution is 5.97. The minimum atomic E-state index is -1.80. The highest BCUT2D eigenvalue weighted by Crippen LogP contribution is 2.20. The zero-order chi connectivity index (χ0) is 42.1. The van der Waals surface area contributed by atoms with Gasteiger partial charge in [0.15, 0.2) is 12.2 Å². The minimum absolute atomic E-state index is 0.0450. The molecule has 1 aromatic rings. The summed E-state index contributed by atoms with van der Waals surface area (Å²) in [6.07, 6.45) is -7.08. The Hall–Kier alpha value is -5.46. The summed E-state index contributed by atoms with van der Waals surface area (Å²) in [5.41, 5.74) is 22.8. The van der Waals surface area contributed by atoms with Crippen LogP contribution in [0.15, 0.2) is 35.3 Å². The molecule has 0 radical (unpaired) electrons. The molecule has 23 nitrogen and oxygen atoms in total. The summed E-state index contributed by atoms with van der Waals surface area (Å²) in [7, 11) is 0. The van der Waals surface area contributed by atoms with Crippen LogP contribution >= 0.6 is 0 Å². The molecule has 23 heteroatoms. The molecule has 0 aliphatic carbocycles. The Kier molecular flexibility index (Phi) is 19.0. The second kappa shape index (κ2) is 22.8. The van der Waals surface area contributed by atoms with Gasteiger partial charge in [-0.2, -0.15) is 0 Å². The molecule has 1 aliphatic heterocycles. The molecule has 0 bridgehead atoms. The van der Waals surface area contributed by atoms with Gasteiger partial charge in [0.05, 0.1) is 25.7 Å². The standard InChI is InChI=1S/C33H53N11O12/c1-15(28(52)43-21(13-45)27(35)51)39-31(55)20(12-23(48)44-32-24(40-16(2)47)26(50)25(49)22(14-46)56-32)42-30(54)19(9-6-10-38-33(36)37)41-29(53)18(34)11-17-7-4-3-5-8-17/h3-5,7-8,15,18-22,24-26,32,45-46,49-50H,6,9-14,34H2,1-2H3,(H2,35,51)(H,39,55)(H,40,47)(H,41,53)(H,42,54)(H,43,52)(H,44,48)(H4,36,37,38)/t15-,18-,19-,20-,21-,22+,24+,25+,26+,32+/m0/s1. The lowest BCUT2D eigenvalue weighted by atomic mass is 9.95. The van der Waals surface area contributed by atoms with Gasteiger partial charge in [-0.05, 0) is 31.7 Å². The molecule has 1 aromatic carbocycles. The molecule has 312 valence electrons. The van der Waals surface area contributed by atoms with E-state index in [1.165, 1.54) is 6.92 Å². The minimum Gasteiger partial charge on any atom is -0.394 e. The molecule has 0 aromatic heterocycles. The van der Waals surface area contributed by atoms with E-state index < -0.39 is 122 Å². The van der Waals surface area contributed by atoms with Gasteiger partial charge < -0.3 is 80.0 Å². The number of carbonyl (C=O) groups excluding carboxylic acids is 7. The fraction of sp³-hybridized carbons (Fsp3) is 0.576. The smallest absolute Gasteiger partial charge is 0.243 e. The van der Waals surface area contributed by atoms with Crippen molar-refractivity contribution in [2.24, 2.45) is 27.9 Å². The number of hydrogen-bond donors (Lipinski definition) is 14. The molecular weight excluding hydrogens is 742 g/mol. The second-order valence-electron chi connectivity index (χ2n) is 13.0. The molecule has 0 spiro atoms. The van der Waals surface area contributed by atoms with Crippen LogP contribution < -0.4 is 54.8 Å². The third-order valence-electron chi connectivity index (χ3n) is 8.43.